The number of aromatic nitrogens is 3. The molecule has 0 spiro atoms. The highest BCUT2D eigenvalue weighted by Gasteiger charge is 2.25. The van der Waals surface area contributed by atoms with Gasteiger partial charge >= 0.3 is 0 Å². The van der Waals surface area contributed by atoms with E-state index >= 15 is 0 Å². The first kappa shape index (κ1) is 28.1. The molecule has 0 unspecified atom stereocenters. The zero-order chi connectivity index (χ0) is 27.6. The number of fused-ring (bicyclic) bond motifs is 4. The van der Waals surface area contributed by atoms with Gasteiger partial charge in [0.25, 0.3) is 0 Å². The van der Waals surface area contributed by atoms with Gasteiger partial charge in [0.2, 0.25) is 11.8 Å². The summed E-state index contributed by atoms with van der Waals surface area (Å²) in [5, 5.41) is 5.95. The number of amides is 2. The molecular formula is C29H38N6O4. The molecule has 1 aliphatic rings. The van der Waals surface area contributed by atoms with Gasteiger partial charge < -0.3 is 24.7 Å². The lowest BCUT2D eigenvalue weighted by Gasteiger charge is -2.25. The second-order valence-electron chi connectivity index (χ2n) is 9.98. The third kappa shape index (κ3) is 7.79. The number of carbonyl (C=O) groups excluding carboxylic acids is 2. The summed E-state index contributed by atoms with van der Waals surface area (Å²) in [6.07, 6.45) is 6.83. The Bertz CT molecular complexity index is 1230. The molecule has 39 heavy (non-hydrogen) atoms. The Labute approximate surface area is 229 Å². The number of hydrogen-bond acceptors (Lipinski definition) is 7. The summed E-state index contributed by atoms with van der Waals surface area (Å²) in [5.74, 6) is 1.68. The van der Waals surface area contributed by atoms with E-state index in [0.717, 1.165) is 17.1 Å². The monoisotopic (exact) mass is 534 g/mol. The standard InChI is InChI=1S/C29H38N6O4/c1-21(2)27-29(37)32-12-6-15-35-16-13-31-28(35)22-9-10-24(38-3)25(18-22)39-17-7-14-34(20-26(36)33-27)19-23-8-4-5-11-30-23/h4-5,8-11,13,16,18,21,27H,6-7,12,14-15,17,19-20H2,1-3H3,(H,32,37)(H,33,36)/t27-/m1/s1. The summed E-state index contributed by atoms with van der Waals surface area (Å²) in [7, 11) is 1.62. The van der Waals surface area contributed by atoms with Crippen molar-refractivity contribution in [2.45, 2.75) is 45.8 Å². The van der Waals surface area contributed by atoms with Gasteiger partial charge in [-0.05, 0) is 49.1 Å². The summed E-state index contributed by atoms with van der Waals surface area (Å²) >= 11 is 0. The Balaban J connectivity index is 1.57. The summed E-state index contributed by atoms with van der Waals surface area (Å²) in [5.41, 5.74) is 1.79. The molecule has 1 atom stereocenters. The van der Waals surface area contributed by atoms with Crippen molar-refractivity contribution in [3.05, 3.63) is 60.7 Å². The Hall–Kier alpha value is -3.92. The maximum absolute atomic E-state index is 13.1. The van der Waals surface area contributed by atoms with E-state index in [9.17, 15) is 9.59 Å². The van der Waals surface area contributed by atoms with Crippen molar-refractivity contribution in [1.29, 1.82) is 0 Å². The van der Waals surface area contributed by atoms with Gasteiger partial charge in [0.15, 0.2) is 11.5 Å². The number of rotatable bonds is 4. The minimum absolute atomic E-state index is 0.0535. The fourth-order valence-corrected chi connectivity index (χ4v) is 4.61. The van der Waals surface area contributed by atoms with Gasteiger partial charge in [-0.2, -0.15) is 0 Å². The van der Waals surface area contributed by atoms with Crippen LogP contribution in [0.25, 0.3) is 11.4 Å². The maximum atomic E-state index is 13.1. The molecule has 0 radical (unpaired) electrons. The molecule has 3 aromatic rings. The molecule has 1 aliphatic heterocycles. The van der Waals surface area contributed by atoms with Crippen LogP contribution in [-0.2, 0) is 22.7 Å². The number of nitrogens with one attached hydrogen (secondary N) is 2. The molecule has 0 saturated heterocycles. The molecule has 0 saturated carbocycles. The lowest BCUT2D eigenvalue weighted by Crippen LogP contribution is -2.52. The minimum atomic E-state index is -0.614. The topological polar surface area (TPSA) is 111 Å². The number of methoxy groups -OCH3 is 1. The number of carbonyl (C=O) groups is 2. The maximum Gasteiger partial charge on any atom is 0.242 e. The SMILES string of the molecule is COc1ccc2cc1OCCCN(Cc1ccccn1)CC(=O)N[C@H](C(C)C)C(=O)NCCCn1ccnc1-2. The number of imidazole rings is 1. The molecule has 208 valence electrons. The van der Waals surface area contributed by atoms with Gasteiger partial charge in [0.05, 0.1) is 26.0 Å². The molecule has 10 nitrogen and oxygen atoms in total. The van der Waals surface area contributed by atoms with Gasteiger partial charge in [0.1, 0.15) is 11.9 Å². The lowest BCUT2D eigenvalue weighted by molar-refractivity contribution is -0.130. The van der Waals surface area contributed by atoms with E-state index in [-0.39, 0.29) is 24.3 Å². The fourth-order valence-electron chi connectivity index (χ4n) is 4.61. The van der Waals surface area contributed by atoms with E-state index in [2.05, 4.69) is 25.2 Å². The van der Waals surface area contributed by atoms with Crippen molar-refractivity contribution in [3.8, 4) is 22.9 Å². The first-order chi connectivity index (χ1) is 18.9. The molecule has 2 bridgehead atoms. The second-order valence-corrected chi connectivity index (χ2v) is 9.98. The zero-order valence-corrected chi connectivity index (χ0v) is 22.9. The van der Waals surface area contributed by atoms with Crippen LogP contribution in [0.5, 0.6) is 11.5 Å². The fraction of sp³-hybridized carbons (Fsp3) is 0.448. The molecule has 1 aromatic carbocycles. The summed E-state index contributed by atoms with van der Waals surface area (Å²) in [4.78, 5) is 37.1. The molecule has 2 N–H and O–H groups in total. The second kappa shape index (κ2) is 13.7. The lowest BCUT2D eigenvalue weighted by atomic mass is 10.0. The smallest absolute Gasteiger partial charge is 0.242 e. The molecule has 10 heteroatoms. The first-order valence-corrected chi connectivity index (χ1v) is 13.5. The van der Waals surface area contributed by atoms with Gasteiger partial charge in [-0.3, -0.25) is 19.5 Å². The Morgan fingerprint density at radius 2 is 1.97 bits per heavy atom. The van der Waals surface area contributed by atoms with E-state index in [4.69, 9.17) is 9.47 Å². The molecular weight excluding hydrogens is 496 g/mol. The van der Waals surface area contributed by atoms with Crippen molar-refractivity contribution in [1.82, 2.24) is 30.1 Å². The van der Waals surface area contributed by atoms with Gasteiger partial charge in [0, 0.05) is 50.3 Å². The number of ether oxygens (including phenoxy) is 2. The predicted molar refractivity (Wildman–Crippen MR) is 148 cm³/mol. The molecule has 2 aromatic heterocycles. The number of nitrogens with zero attached hydrogens (tertiary/aromatic N) is 4. The van der Waals surface area contributed by atoms with Crippen LogP contribution >= 0.6 is 0 Å². The highest BCUT2D eigenvalue weighted by molar-refractivity contribution is 5.88. The van der Waals surface area contributed by atoms with E-state index < -0.39 is 6.04 Å². The van der Waals surface area contributed by atoms with E-state index in [1.54, 1.807) is 19.5 Å². The highest BCUT2D eigenvalue weighted by atomic mass is 16.5. The predicted octanol–water partition coefficient (Wildman–Crippen LogP) is 2.89. The summed E-state index contributed by atoms with van der Waals surface area (Å²) < 4.78 is 13.7. The van der Waals surface area contributed by atoms with Gasteiger partial charge in [-0.15, -0.1) is 0 Å². The van der Waals surface area contributed by atoms with Crippen LogP contribution in [-0.4, -0.2) is 70.6 Å². The minimum Gasteiger partial charge on any atom is -0.493 e. The van der Waals surface area contributed by atoms with E-state index in [0.29, 0.717) is 57.1 Å². The van der Waals surface area contributed by atoms with E-state index in [1.807, 2.05) is 61.3 Å². The van der Waals surface area contributed by atoms with Crippen molar-refractivity contribution < 1.29 is 19.1 Å². The van der Waals surface area contributed by atoms with Crippen molar-refractivity contribution >= 4 is 11.8 Å². The quantitative estimate of drug-likeness (QED) is 0.530. The largest absolute Gasteiger partial charge is 0.493 e. The van der Waals surface area contributed by atoms with Gasteiger partial charge in [-0.1, -0.05) is 19.9 Å². The third-order valence-electron chi connectivity index (χ3n) is 6.63. The third-order valence-corrected chi connectivity index (χ3v) is 6.63. The number of benzene rings is 1. The Kier molecular flexibility index (Phi) is 9.91. The molecule has 2 amide bonds. The highest BCUT2D eigenvalue weighted by Crippen LogP contribution is 2.32. The van der Waals surface area contributed by atoms with Crippen LogP contribution in [0.4, 0.5) is 0 Å². The van der Waals surface area contributed by atoms with Gasteiger partial charge in [-0.25, -0.2) is 4.98 Å². The number of hydrogen-bond donors (Lipinski definition) is 2. The Morgan fingerprint density at radius 1 is 1.10 bits per heavy atom. The average molecular weight is 535 g/mol. The van der Waals surface area contributed by atoms with Crippen LogP contribution in [0.2, 0.25) is 0 Å². The zero-order valence-electron chi connectivity index (χ0n) is 22.9. The molecule has 3 heterocycles. The van der Waals surface area contributed by atoms with Crippen LogP contribution in [0.3, 0.4) is 0 Å². The average Bonchev–Trinajstić information content (AvgIpc) is 3.40. The number of pyridine rings is 1. The first-order valence-electron chi connectivity index (χ1n) is 13.5. The molecule has 0 fully saturated rings. The Morgan fingerprint density at radius 3 is 2.74 bits per heavy atom. The van der Waals surface area contributed by atoms with Crippen LogP contribution in [0, 0.1) is 5.92 Å². The molecule has 4 rings (SSSR count). The van der Waals surface area contributed by atoms with E-state index in [1.165, 1.54) is 0 Å². The van der Waals surface area contributed by atoms with Crippen LogP contribution < -0.4 is 20.1 Å². The van der Waals surface area contributed by atoms with Crippen molar-refractivity contribution in [2.24, 2.45) is 5.92 Å². The summed E-state index contributed by atoms with van der Waals surface area (Å²) in [6, 6.07) is 10.9. The summed E-state index contributed by atoms with van der Waals surface area (Å²) in [6.45, 7) is 6.73. The number of aryl methyl sites for hydroxylation is 1. The van der Waals surface area contributed by atoms with Crippen molar-refractivity contribution in [3.63, 3.8) is 0 Å². The van der Waals surface area contributed by atoms with Crippen molar-refractivity contribution in [2.75, 3.05) is 33.4 Å². The normalized spacial score (nSPS) is 18.1. The molecule has 0 aliphatic carbocycles. The van der Waals surface area contributed by atoms with Crippen LogP contribution in [0.15, 0.2) is 55.0 Å². The van der Waals surface area contributed by atoms with Crippen LogP contribution in [0.1, 0.15) is 32.4 Å².